The first-order chi connectivity index (χ1) is 11.3. The Labute approximate surface area is 136 Å². The maximum atomic E-state index is 5.48. The zero-order chi connectivity index (χ0) is 15.6. The van der Waals surface area contributed by atoms with Gasteiger partial charge < -0.3 is 4.52 Å². The standard InChI is InChI=1S/C17H23N5O/c1-13(17-19-16(20-23-17)14-5-6-14)22-10-8-21(9-11-22)12-15-4-2-3-7-18-15/h2-4,7,13-14H,5-6,8-12H2,1H3/t13-/m1/s1. The van der Waals surface area contributed by atoms with Crippen molar-refractivity contribution in [2.75, 3.05) is 26.2 Å². The second-order valence-electron chi connectivity index (χ2n) is 6.57. The maximum Gasteiger partial charge on any atom is 0.243 e. The lowest BCUT2D eigenvalue weighted by Crippen LogP contribution is -2.46. The Hall–Kier alpha value is -1.79. The molecule has 2 aliphatic rings. The molecule has 6 heteroatoms. The number of pyridine rings is 1. The fourth-order valence-corrected chi connectivity index (χ4v) is 3.11. The molecule has 1 saturated carbocycles. The van der Waals surface area contributed by atoms with Crippen molar-refractivity contribution in [3.63, 3.8) is 0 Å². The smallest absolute Gasteiger partial charge is 0.243 e. The summed E-state index contributed by atoms with van der Waals surface area (Å²) >= 11 is 0. The van der Waals surface area contributed by atoms with Gasteiger partial charge in [0.1, 0.15) is 0 Å². The summed E-state index contributed by atoms with van der Waals surface area (Å²) in [4.78, 5) is 13.9. The number of hydrogen-bond acceptors (Lipinski definition) is 6. The quantitative estimate of drug-likeness (QED) is 0.843. The molecular weight excluding hydrogens is 290 g/mol. The van der Waals surface area contributed by atoms with E-state index in [4.69, 9.17) is 4.52 Å². The third-order valence-corrected chi connectivity index (χ3v) is 4.82. The van der Waals surface area contributed by atoms with Gasteiger partial charge in [0.15, 0.2) is 5.82 Å². The van der Waals surface area contributed by atoms with E-state index in [0.29, 0.717) is 5.92 Å². The largest absolute Gasteiger partial charge is 0.338 e. The fourth-order valence-electron chi connectivity index (χ4n) is 3.11. The van der Waals surface area contributed by atoms with E-state index in [1.165, 1.54) is 12.8 Å². The fraction of sp³-hybridized carbons (Fsp3) is 0.588. The number of aromatic nitrogens is 3. The summed E-state index contributed by atoms with van der Waals surface area (Å²) in [6.45, 7) is 7.23. The Bertz CT molecular complexity index is 631. The van der Waals surface area contributed by atoms with Gasteiger partial charge in [-0.05, 0) is 31.9 Å². The van der Waals surface area contributed by atoms with Crippen LogP contribution in [0, 0.1) is 0 Å². The zero-order valence-electron chi connectivity index (χ0n) is 13.6. The zero-order valence-corrected chi connectivity index (χ0v) is 13.6. The monoisotopic (exact) mass is 313 g/mol. The van der Waals surface area contributed by atoms with Crippen molar-refractivity contribution < 1.29 is 4.52 Å². The molecular formula is C17H23N5O. The first kappa shape index (κ1) is 14.8. The van der Waals surface area contributed by atoms with E-state index in [0.717, 1.165) is 50.1 Å². The molecule has 0 unspecified atom stereocenters. The number of rotatable bonds is 5. The lowest BCUT2D eigenvalue weighted by atomic mass is 10.2. The van der Waals surface area contributed by atoms with E-state index < -0.39 is 0 Å². The molecule has 2 fully saturated rings. The van der Waals surface area contributed by atoms with Gasteiger partial charge in [0.25, 0.3) is 0 Å². The molecule has 2 aromatic heterocycles. The molecule has 0 amide bonds. The van der Waals surface area contributed by atoms with E-state index >= 15 is 0 Å². The first-order valence-electron chi connectivity index (χ1n) is 8.49. The molecule has 23 heavy (non-hydrogen) atoms. The molecule has 4 rings (SSSR count). The van der Waals surface area contributed by atoms with Gasteiger partial charge in [-0.2, -0.15) is 4.98 Å². The summed E-state index contributed by atoms with van der Waals surface area (Å²) in [6.07, 6.45) is 4.28. The SMILES string of the molecule is C[C@H](c1nc(C2CC2)no1)N1CCN(Cc2ccccn2)CC1. The molecule has 122 valence electrons. The molecule has 0 radical (unpaired) electrons. The molecule has 2 aromatic rings. The van der Waals surface area contributed by atoms with Gasteiger partial charge in [0.2, 0.25) is 5.89 Å². The second kappa shape index (κ2) is 6.37. The summed E-state index contributed by atoms with van der Waals surface area (Å²) in [5.74, 6) is 2.22. The van der Waals surface area contributed by atoms with Crippen molar-refractivity contribution in [2.24, 2.45) is 0 Å². The minimum atomic E-state index is 0.201. The van der Waals surface area contributed by atoms with Gasteiger partial charge in [-0.1, -0.05) is 11.2 Å². The average molecular weight is 313 g/mol. The predicted octanol–water partition coefficient (Wildman–Crippen LogP) is 2.22. The lowest BCUT2D eigenvalue weighted by Gasteiger charge is -2.36. The minimum absolute atomic E-state index is 0.201. The summed E-state index contributed by atoms with van der Waals surface area (Å²) in [7, 11) is 0. The Morgan fingerprint density at radius 1 is 1.22 bits per heavy atom. The molecule has 1 aliphatic carbocycles. The van der Waals surface area contributed by atoms with Crippen molar-refractivity contribution in [3.8, 4) is 0 Å². The summed E-state index contributed by atoms with van der Waals surface area (Å²) in [5.41, 5.74) is 1.14. The highest BCUT2D eigenvalue weighted by Gasteiger charge is 2.31. The Morgan fingerprint density at radius 2 is 2.04 bits per heavy atom. The third-order valence-electron chi connectivity index (χ3n) is 4.82. The van der Waals surface area contributed by atoms with Crippen LogP contribution in [0.25, 0.3) is 0 Å². The van der Waals surface area contributed by atoms with Gasteiger partial charge in [-0.15, -0.1) is 0 Å². The summed E-state index contributed by atoms with van der Waals surface area (Å²) in [6, 6.07) is 6.30. The highest BCUT2D eigenvalue weighted by Crippen LogP contribution is 2.38. The van der Waals surface area contributed by atoms with Crippen LogP contribution in [0.1, 0.15) is 49.1 Å². The van der Waals surface area contributed by atoms with Crippen molar-refractivity contribution in [1.82, 2.24) is 24.9 Å². The maximum absolute atomic E-state index is 5.48. The number of hydrogen-bond donors (Lipinski definition) is 0. The van der Waals surface area contributed by atoms with Crippen LogP contribution < -0.4 is 0 Å². The molecule has 1 saturated heterocycles. The van der Waals surface area contributed by atoms with Crippen LogP contribution in [0.15, 0.2) is 28.9 Å². The normalized spacial score (nSPS) is 21.4. The summed E-state index contributed by atoms with van der Waals surface area (Å²) in [5, 5.41) is 4.13. The van der Waals surface area contributed by atoms with Crippen LogP contribution in [0.2, 0.25) is 0 Å². The van der Waals surface area contributed by atoms with E-state index in [1.807, 2.05) is 18.3 Å². The average Bonchev–Trinajstić information content (AvgIpc) is 3.33. The Balaban J connectivity index is 1.31. The van der Waals surface area contributed by atoms with Gasteiger partial charge in [-0.25, -0.2) is 0 Å². The molecule has 0 aromatic carbocycles. The molecule has 3 heterocycles. The van der Waals surface area contributed by atoms with E-state index in [9.17, 15) is 0 Å². The van der Waals surface area contributed by atoms with Crippen molar-refractivity contribution in [1.29, 1.82) is 0 Å². The van der Waals surface area contributed by atoms with Crippen LogP contribution in [0.3, 0.4) is 0 Å². The van der Waals surface area contributed by atoms with Crippen LogP contribution in [-0.2, 0) is 6.54 Å². The lowest BCUT2D eigenvalue weighted by molar-refractivity contribution is 0.0839. The first-order valence-corrected chi connectivity index (χ1v) is 8.49. The third kappa shape index (κ3) is 3.43. The topological polar surface area (TPSA) is 58.3 Å². The summed E-state index contributed by atoms with van der Waals surface area (Å²) < 4.78 is 5.48. The van der Waals surface area contributed by atoms with Crippen molar-refractivity contribution >= 4 is 0 Å². The molecule has 1 atom stereocenters. The van der Waals surface area contributed by atoms with Gasteiger partial charge in [0, 0.05) is 44.8 Å². The van der Waals surface area contributed by atoms with Crippen molar-refractivity contribution in [2.45, 2.75) is 38.3 Å². The van der Waals surface area contributed by atoms with E-state index in [1.54, 1.807) is 0 Å². The van der Waals surface area contributed by atoms with E-state index in [2.05, 4.69) is 37.9 Å². The highest BCUT2D eigenvalue weighted by molar-refractivity contribution is 5.05. The molecule has 6 nitrogen and oxygen atoms in total. The van der Waals surface area contributed by atoms with Gasteiger partial charge in [0.05, 0.1) is 11.7 Å². The second-order valence-corrected chi connectivity index (χ2v) is 6.57. The Morgan fingerprint density at radius 3 is 2.74 bits per heavy atom. The highest BCUT2D eigenvalue weighted by atomic mass is 16.5. The van der Waals surface area contributed by atoms with Crippen molar-refractivity contribution in [3.05, 3.63) is 41.8 Å². The minimum Gasteiger partial charge on any atom is -0.338 e. The molecule has 1 aliphatic heterocycles. The number of piperazine rings is 1. The molecule has 0 N–H and O–H groups in total. The predicted molar refractivity (Wildman–Crippen MR) is 85.8 cm³/mol. The van der Waals surface area contributed by atoms with Gasteiger partial charge >= 0.3 is 0 Å². The number of nitrogens with zero attached hydrogens (tertiary/aromatic N) is 5. The van der Waals surface area contributed by atoms with Crippen LogP contribution in [0.5, 0.6) is 0 Å². The van der Waals surface area contributed by atoms with Gasteiger partial charge in [-0.3, -0.25) is 14.8 Å². The molecule has 0 spiro atoms. The molecule has 0 bridgehead atoms. The van der Waals surface area contributed by atoms with Crippen LogP contribution in [-0.4, -0.2) is 51.1 Å². The Kier molecular flexibility index (Phi) is 4.10. The van der Waals surface area contributed by atoms with Crippen LogP contribution >= 0.6 is 0 Å². The van der Waals surface area contributed by atoms with E-state index in [-0.39, 0.29) is 6.04 Å². The van der Waals surface area contributed by atoms with Crippen LogP contribution in [0.4, 0.5) is 0 Å².